The third kappa shape index (κ3) is 4.76. The largest absolute Gasteiger partial charge is 0.471 e. The molecule has 0 saturated carbocycles. The standard InChI is InChI=1S/C15H22F3N3O4/c1-2-25-14(24)20-8-5-10(6-9-20)19-12(22)11-4-3-7-21(11)13(23)15(16,17)18/h10-11H,2-9H2,1H3,(H,19,22). The van der Waals surface area contributed by atoms with Crippen LogP contribution in [-0.4, -0.2) is 72.2 Å². The molecule has 2 aliphatic heterocycles. The zero-order chi connectivity index (χ0) is 18.6. The predicted molar refractivity (Wildman–Crippen MR) is 80.5 cm³/mol. The quantitative estimate of drug-likeness (QED) is 0.817. The van der Waals surface area contributed by atoms with Crippen LogP contribution in [0.4, 0.5) is 18.0 Å². The molecular weight excluding hydrogens is 343 g/mol. The van der Waals surface area contributed by atoms with E-state index < -0.39 is 30.1 Å². The van der Waals surface area contributed by atoms with E-state index in [0.29, 0.717) is 37.3 Å². The molecule has 7 nitrogen and oxygen atoms in total. The van der Waals surface area contributed by atoms with E-state index in [1.165, 1.54) is 4.90 Å². The minimum absolute atomic E-state index is 0.0717. The smallest absolute Gasteiger partial charge is 0.450 e. The second-order valence-corrected chi connectivity index (χ2v) is 6.12. The van der Waals surface area contributed by atoms with Crippen LogP contribution in [-0.2, 0) is 14.3 Å². The lowest BCUT2D eigenvalue weighted by molar-refractivity contribution is -0.186. The summed E-state index contributed by atoms with van der Waals surface area (Å²) in [5, 5.41) is 2.71. The van der Waals surface area contributed by atoms with E-state index >= 15 is 0 Å². The fourth-order valence-corrected chi connectivity index (χ4v) is 3.16. The van der Waals surface area contributed by atoms with Crippen LogP contribution in [0.15, 0.2) is 0 Å². The number of hydrogen-bond donors (Lipinski definition) is 1. The molecule has 0 aliphatic carbocycles. The summed E-state index contributed by atoms with van der Waals surface area (Å²) in [5.74, 6) is -2.54. The molecule has 1 unspecified atom stereocenters. The Labute approximate surface area is 143 Å². The molecule has 25 heavy (non-hydrogen) atoms. The highest BCUT2D eigenvalue weighted by Crippen LogP contribution is 2.26. The Morgan fingerprint density at radius 3 is 2.32 bits per heavy atom. The van der Waals surface area contributed by atoms with Crippen molar-refractivity contribution in [1.29, 1.82) is 0 Å². The molecule has 2 fully saturated rings. The summed E-state index contributed by atoms with van der Waals surface area (Å²) < 4.78 is 42.7. The molecule has 1 N–H and O–H groups in total. The number of halogens is 3. The highest BCUT2D eigenvalue weighted by molar-refractivity contribution is 5.90. The summed E-state index contributed by atoms with van der Waals surface area (Å²) in [6.45, 7) is 2.72. The van der Waals surface area contributed by atoms with Gasteiger partial charge in [0.15, 0.2) is 0 Å². The zero-order valence-electron chi connectivity index (χ0n) is 14.0. The van der Waals surface area contributed by atoms with Gasteiger partial charge in [-0.25, -0.2) is 4.79 Å². The molecule has 10 heteroatoms. The van der Waals surface area contributed by atoms with Gasteiger partial charge in [-0.15, -0.1) is 0 Å². The van der Waals surface area contributed by atoms with E-state index in [1.807, 2.05) is 0 Å². The number of rotatable bonds is 3. The first-order valence-electron chi connectivity index (χ1n) is 8.34. The number of hydrogen-bond acceptors (Lipinski definition) is 4. The summed E-state index contributed by atoms with van der Waals surface area (Å²) in [4.78, 5) is 37.5. The van der Waals surface area contributed by atoms with Crippen LogP contribution >= 0.6 is 0 Å². The van der Waals surface area contributed by atoms with Gasteiger partial charge in [0.2, 0.25) is 5.91 Å². The van der Waals surface area contributed by atoms with Gasteiger partial charge in [0.1, 0.15) is 6.04 Å². The number of alkyl halides is 3. The van der Waals surface area contributed by atoms with E-state index in [2.05, 4.69) is 5.32 Å². The van der Waals surface area contributed by atoms with Crippen LogP contribution in [0.5, 0.6) is 0 Å². The van der Waals surface area contributed by atoms with Crippen molar-refractivity contribution in [2.75, 3.05) is 26.2 Å². The molecule has 0 aromatic heterocycles. The number of carbonyl (C=O) groups is 3. The Hall–Kier alpha value is -2.00. The van der Waals surface area contributed by atoms with Crippen LogP contribution in [0.3, 0.4) is 0 Å². The van der Waals surface area contributed by atoms with Crippen molar-refractivity contribution in [3.63, 3.8) is 0 Å². The van der Waals surface area contributed by atoms with E-state index in [0.717, 1.165) is 0 Å². The number of nitrogens with zero attached hydrogens (tertiary/aromatic N) is 2. The Balaban J connectivity index is 1.86. The third-order valence-electron chi connectivity index (χ3n) is 4.43. The molecule has 2 rings (SSSR count). The van der Waals surface area contributed by atoms with E-state index in [-0.39, 0.29) is 25.6 Å². The highest BCUT2D eigenvalue weighted by Gasteiger charge is 2.47. The minimum Gasteiger partial charge on any atom is -0.450 e. The molecule has 2 saturated heterocycles. The van der Waals surface area contributed by atoms with E-state index in [1.54, 1.807) is 6.92 Å². The first-order chi connectivity index (χ1) is 11.7. The van der Waals surface area contributed by atoms with Gasteiger partial charge in [-0.3, -0.25) is 9.59 Å². The van der Waals surface area contributed by atoms with Gasteiger partial charge in [-0.05, 0) is 32.6 Å². The van der Waals surface area contributed by atoms with Crippen molar-refractivity contribution in [2.45, 2.75) is 50.9 Å². The van der Waals surface area contributed by atoms with Gasteiger partial charge in [-0.1, -0.05) is 0 Å². The maximum absolute atomic E-state index is 12.6. The first-order valence-corrected chi connectivity index (χ1v) is 8.34. The Kier molecular flexibility index (Phi) is 6.12. The average Bonchev–Trinajstić information content (AvgIpc) is 3.03. The van der Waals surface area contributed by atoms with Crippen molar-refractivity contribution in [2.24, 2.45) is 0 Å². The fraction of sp³-hybridized carbons (Fsp3) is 0.800. The van der Waals surface area contributed by atoms with Crippen molar-refractivity contribution in [1.82, 2.24) is 15.1 Å². The Morgan fingerprint density at radius 1 is 1.12 bits per heavy atom. The summed E-state index contributed by atoms with van der Waals surface area (Å²) >= 11 is 0. The number of amides is 3. The van der Waals surface area contributed by atoms with Gasteiger partial charge < -0.3 is 19.9 Å². The highest BCUT2D eigenvalue weighted by atomic mass is 19.4. The molecule has 1 atom stereocenters. The van der Waals surface area contributed by atoms with E-state index in [4.69, 9.17) is 4.74 Å². The van der Waals surface area contributed by atoms with Gasteiger partial charge in [-0.2, -0.15) is 13.2 Å². The van der Waals surface area contributed by atoms with Crippen molar-refractivity contribution < 1.29 is 32.3 Å². The molecule has 3 amide bonds. The van der Waals surface area contributed by atoms with Crippen LogP contribution < -0.4 is 5.32 Å². The van der Waals surface area contributed by atoms with Crippen LogP contribution in [0.2, 0.25) is 0 Å². The van der Waals surface area contributed by atoms with Gasteiger partial charge >= 0.3 is 18.2 Å². The Morgan fingerprint density at radius 2 is 1.76 bits per heavy atom. The molecule has 0 spiro atoms. The minimum atomic E-state index is -4.98. The second kappa shape index (κ2) is 7.92. The molecule has 0 bridgehead atoms. The fourth-order valence-electron chi connectivity index (χ4n) is 3.16. The lowest BCUT2D eigenvalue weighted by Gasteiger charge is -2.33. The van der Waals surface area contributed by atoms with Crippen molar-refractivity contribution in [3.05, 3.63) is 0 Å². The van der Waals surface area contributed by atoms with Gasteiger partial charge in [0.25, 0.3) is 0 Å². The molecule has 2 heterocycles. The Bertz CT molecular complexity index is 519. The second-order valence-electron chi connectivity index (χ2n) is 6.12. The molecule has 0 radical (unpaired) electrons. The third-order valence-corrected chi connectivity index (χ3v) is 4.43. The molecule has 0 aromatic carbocycles. The topological polar surface area (TPSA) is 79.0 Å². The summed E-state index contributed by atoms with van der Waals surface area (Å²) in [6.07, 6.45) is -3.83. The maximum atomic E-state index is 12.6. The number of piperidine rings is 1. The monoisotopic (exact) mass is 365 g/mol. The molecule has 142 valence electrons. The lowest BCUT2D eigenvalue weighted by Crippen LogP contribution is -2.53. The number of likely N-dealkylation sites (tertiary alicyclic amines) is 2. The SMILES string of the molecule is CCOC(=O)N1CCC(NC(=O)C2CCCN2C(=O)C(F)(F)F)CC1. The van der Waals surface area contributed by atoms with Crippen molar-refractivity contribution in [3.8, 4) is 0 Å². The molecule has 0 aromatic rings. The summed E-state index contributed by atoms with van der Waals surface area (Å²) in [7, 11) is 0. The van der Waals surface area contributed by atoms with Crippen LogP contribution in [0.25, 0.3) is 0 Å². The summed E-state index contributed by atoms with van der Waals surface area (Å²) in [6, 6.07) is -1.32. The van der Waals surface area contributed by atoms with Gasteiger partial charge in [0, 0.05) is 25.7 Å². The number of carbonyl (C=O) groups excluding carboxylic acids is 3. The maximum Gasteiger partial charge on any atom is 0.471 e. The van der Waals surface area contributed by atoms with Crippen LogP contribution in [0.1, 0.15) is 32.6 Å². The van der Waals surface area contributed by atoms with Gasteiger partial charge in [0.05, 0.1) is 6.61 Å². The van der Waals surface area contributed by atoms with E-state index in [9.17, 15) is 27.6 Å². The number of nitrogens with one attached hydrogen (secondary N) is 1. The first kappa shape index (κ1) is 19.3. The normalized spacial score (nSPS) is 22.0. The lowest BCUT2D eigenvalue weighted by atomic mass is 10.0. The predicted octanol–water partition coefficient (Wildman–Crippen LogP) is 1.28. The van der Waals surface area contributed by atoms with Crippen LogP contribution in [0, 0.1) is 0 Å². The number of ether oxygens (including phenoxy) is 1. The molecular formula is C15H22F3N3O4. The summed E-state index contributed by atoms with van der Waals surface area (Å²) in [5.41, 5.74) is 0. The average molecular weight is 365 g/mol. The van der Waals surface area contributed by atoms with Crippen molar-refractivity contribution >= 4 is 17.9 Å². The zero-order valence-corrected chi connectivity index (χ0v) is 14.0. The molecule has 2 aliphatic rings.